The lowest BCUT2D eigenvalue weighted by Crippen LogP contribution is -2.30. The fourth-order valence-electron chi connectivity index (χ4n) is 2.58. The Morgan fingerprint density at radius 2 is 1.80 bits per heavy atom. The summed E-state index contributed by atoms with van der Waals surface area (Å²) in [7, 11) is 0. The Morgan fingerprint density at radius 1 is 1.25 bits per heavy atom. The number of hydrogen-bond donors (Lipinski definition) is 3. The number of nitrogen functional groups attached to an aromatic ring is 1. The van der Waals surface area contributed by atoms with E-state index in [0.717, 1.165) is 12.8 Å². The molecule has 1 saturated carbocycles. The molecule has 20 heavy (non-hydrogen) atoms. The first-order chi connectivity index (χ1) is 9.65. The Labute approximate surface area is 118 Å². The molecule has 0 spiro atoms. The molecule has 104 valence electrons. The maximum atomic E-state index is 10.2. The molecule has 1 fully saturated rings. The fourth-order valence-corrected chi connectivity index (χ4v) is 2.58. The normalized spacial score (nSPS) is 16.6. The molecule has 2 rings (SSSR count). The number of aliphatic hydroxyl groups is 1. The number of anilines is 1. The van der Waals surface area contributed by atoms with Gasteiger partial charge in [0.05, 0.1) is 22.9 Å². The van der Waals surface area contributed by atoms with E-state index >= 15 is 0 Å². The van der Waals surface area contributed by atoms with Crippen LogP contribution in [0, 0.1) is 22.7 Å². The summed E-state index contributed by atoms with van der Waals surface area (Å²) in [4.78, 5) is 0. The zero-order valence-electron chi connectivity index (χ0n) is 11.3. The van der Waals surface area contributed by atoms with Crippen molar-refractivity contribution in [3.05, 3.63) is 28.8 Å². The number of hydrogen-bond acceptors (Lipinski definition) is 5. The van der Waals surface area contributed by atoms with Crippen LogP contribution in [0.15, 0.2) is 12.1 Å². The number of nitrogens with zero attached hydrogens (tertiary/aromatic N) is 2. The van der Waals surface area contributed by atoms with Crippen LogP contribution >= 0.6 is 0 Å². The lowest BCUT2D eigenvalue weighted by atomic mass is 10.0. The van der Waals surface area contributed by atoms with Crippen LogP contribution < -0.4 is 11.1 Å². The summed E-state index contributed by atoms with van der Waals surface area (Å²) in [5.41, 5.74) is 6.90. The minimum atomic E-state index is -0.740. The lowest BCUT2D eigenvalue weighted by molar-refractivity contribution is 0.170. The van der Waals surface area contributed by atoms with Crippen molar-refractivity contribution in [2.75, 3.05) is 12.3 Å². The number of benzene rings is 1. The topological polar surface area (TPSA) is 106 Å². The van der Waals surface area contributed by atoms with Crippen LogP contribution in [0.3, 0.4) is 0 Å². The average molecular weight is 270 g/mol. The molecule has 1 unspecified atom stereocenters. The highest BCUT2D eigenvalue weighted by Gasteiger charge is 2.18. The van der Waals surface area contributed by atoms with Crippen molar-refractivity contribution in [2.45, 2.75) is 37.8 Å². The molecular formula is C15H18N4O. The monoisotopic (exact) mass is 270 g/mol. The summed E-state index contributed by atoms with van der Waals surface area (Å²) >= 11 is 0. The molecule has 1 aromatic carbocycles. The van der Waals surface area contributed by atoms with Gasteiger partial charge in [-0.3, -0.25) is 0 Å². The van der Waals surface area contributed by atoms with Gasteiger partial charge < -0.3 is 16.2 Å². The van der Waals surface area contributed by atoms with E-state index in [0.29, 0.717) is 18.2 Å². The van der Waals surface area contributed by atoms with Gasteiger partial charge in [-0.15, -0.1) is 0 Å². The van der Waals surface area contributed by atoms with E-state index in [1.807, 2.05) is 12.1 Å². The Balaban J connectivity index is 2.11. The van der Waals surface area contributed by atoms with E-state index in [-0.39, 0.29) is 16.8 Å². The Kier molecular flexibility index (Phi) is 4.57. The number of nitriles is 2. The first-order valence-corrected chi connectivity index (χ1v) is 6.80. The number of nitrogens with two attached hydrogens (primary N) is 1. The number of nitrogens with one attached hydrogen (secondary N) is 1. The van der Waals surface area contributed by atoms with Crippen molar-refractivity contribution in [1.82, 2.24) is 5.32 Å². The van der Waals surface area contributed by atoms with Crippen molar-refractivity contribution in [1.29, 1.82) is 10.5 Å². The lowest BCUT2D eigenvalue weighted by Gasteiger charge is -2.17. The highest BCUT2D eigenvalue weighted by atomic mass is 16.3. The molecule has 1 aliphatic rings. The molecule has 0 heterocycles. The van der Waals surface area contributed by atoms with Crippen molar-refractivity contribution < 1.29 is 5.11 Å². The van der Waals surface area contributed by atoms with Crippen LogP contribution in [0.4, 0.5) is 5.69 Å². The minimum Gasteiger partial charge on any atom is -0.397 e. The molecule has 1 aliphatic carbocycles. The summed E-state index contributed by atoms with van der Waals surface area (Å²) in [5.74, 6) is 0. The van der Waals surface area contributed by atoms with Gasteiger partial charge in [-0.1, -0.05) is 12.8 Å². The second-order valence-corrected chi connectivity index (χ2v) is 5.16. The Bertz CT molecular complexity index is 529. The molecule has 5 nitrogen and oxygen atoms in total. The highest BCUT2D eigenvalue weighted by Crippen LogP contribution is 2.24. The molecule has 1 atom stereocenters. The predicted molar refractivity (Wildman–Crippen MR) is 75.5 cm³/mol. The van der Waals surface area contributed by atoms with Gasteiger partial charge in [-0.2, -0.15) is 10.5 Å². The standard InChI is InChI=1S/C15H18N4O/c16-7-11-5-10(6-12(8-17)15(11)18)14(20)9-19-13-3-1-2-4-13/h5-6,13-14,19-20H,1-4,9,18H2. The maximum Gasteiger partial charge on any atom is 0.101 e. The molecule has 0 aromatic heterocycles. The second-order valence-electron chi connectivity index (χ2n) is 5.16. The van der Waals surface area contributed by atoms with Gasteiger partial charge in [0.15, 0.2) is 0 Å². The van der Waals surface area contributed by atoms with E-state index in [1.165, 1.54) is 12.8 Å². The Hall–Kier alpha value is -2.08. The SMILES string of the molecule is N#Cc1cc(C(O)CNC2CCCC2)cc(C#N)c1N. The third kappa shape index (κ3) is 3.08. The first-order valence-electron chi connectivity index (χ1n) is 6.80. The van der Waals surface area contributed by atoms with Gasteiger partial charge in [-0.25, -0.2) is 0 Å². The minimum absolute atomic E-state index is 0.176. The van der Waals surface area contributed by atoms with Crippen molar-refractivity contribution in [3.63, 3.8) is 0 Å². The van der Waals surface area contributed by atoms with Crippen LogP contribution in [0.25, 0.3) is 0 Å². The maximum absolute atomic E-state index is 10.2. The van der Waals surface area contributed by atoms with Crippen molar-refractivity contribution in [2.24, 2.45) is 0 Å². The largest absolute Gasteiger partial charge is 0.397 e. The van der Waals surface area contributed by atoms with E-state index in [4.69, 9.17) is 16.3 Å². The molecule has 0 bridgehead atoms. The van der Waals surface area contributed by atoms with Gasteiger partial charge in [0.25, 0.3) is 0 Å². The molecule has 0 radical (unpaired) electrons. The zero-order valence-corrected chi connectivity index (χ0v) is 11.3. The van der Waals surface area contributed by atoms with E-state index in [2.05, 4.69) is 5.32 Å². The molecule has 0 amide bonds. The van der Waals surface area contributed by atoms with Crippen LogP contribution in [0.5, 0.6) is 0 Å². The molecule has 0 saturated heterocycles. The van der Waals surface area contributed by atoms with Gasteiger partial charge in [-0.05, 0) is 30.5 Å². The molecule has 0 aliphatic heterocycles. The van der Waals surface area contributed by atoms with Gasteiger partial charge in [0.1, 0.15) is 12.1 Å². The molecule has 1 aromatic rings. The Morgan fingerprint density at radius 3 is 2.30 bits per heavy atom. The van der Waals surface area contributed by atoms with Gasteiger partial charge in [0, 0.05) is 12.6 Å². The summed E-state index contributed by atoms with van der Waals surface area (Å²) in [6.07, 6.45) is 4.00. The first kappa shape index (κ1) is 14.3. The van der Waals surface area contributed by atoms with E-state index in [1.54, 1.807) is 12.1 Å². The summed E-state index contributed by atoms with van der Waals surface area (Å²) < 4.78 is 0. The zero-order chi connectivity index (χ0) is 14.5. The summed E-state index contributed by atoms with van der Waals surface area (Å²) in [5, 5.41) is 31.5. The third-order valence-corrected chi connectivity index (χ3v) is 3.78. The number of rotatable bonds is 4. The smallest absolute Gasteiger partial charge is 0.101 e. The average Bonchev–Trinajstić information content (AvgIpc) is 2.98. The van der Waals surface area contributed by atoms with Crippen LogP contribution in [-0.4, -0.2) is 17.7 Å². The summed E-state index contributed by atoms with van der Waals surface area (Å²) in [6, 6.07) is 7.48. The van der Waals surface area contributed by atoms with E-state index < -0.39 is 6.10 Å². The number of aliphatic hydroxyl groups excluding tert-OH is 1. The van der Waals surface area contributed by atoms with Crippen molar-refractivity contribution >= 4 is 5.69 Å². The fraction of sp³-hybridized carbons (Fsp3) is 0.467. The summed E-state index contributed by atoms with van der Waals surface area (Å²) in [6.45, 7) is 0.421. The molecule has 5 heteroatoms. The highest BCUT2D eigenvalue weighted by molar-refractivity contribution is 5.65. The van der Waals surface area contributed by atoms with Crippen LogP contribution in [-0.2, 0) is 0 Å². The second kappa shape index (κ2) is 6.38. The predicted octanol–water partition coefficient (Wildman–Crippen LogP) is 1.58. The van der Waals surface area contributed by atoms with Gasteiger partial charge in [0.2, 0.25) is 0 Å². The molecule has 4 N–H and O–H groups in total. The van der Waals surface area contributed by atoms with E-state index in [9.17, 15) is 5.11 Å². The van der Waals surface area contributed by atoms with Crippen LogP contribution in [0.1, 0.15) is 48.5 Å². The van der Waals surface area contributed by atoms with Gasteiger partial charge >= 0.3 is 0 Å². The van der Waals surface area contributed by atoms with Crippen molar-refractivity contribution in [3.8, 4) is 12.1 Å². The third-order valence-electron chi connectivity index (χ3n) is 3.78. The quantitative estimate of drug-likeness (QED) is 0.720. The van der Waals surface area contributed by atoms with Crippen LogP contribution in [0.2, 0.25) is 0 Å². The molecular weight excluding hydrogens is 252 g/mol.